The summed E-state index contributed by atoms with van der Waals surface area (Å²) < 4.78 is 1.08. The van der Waals surface area contributed by atoms with Gasteiger partial charge in [0.1, 0.15) is 9.35 Å². The average molecular weight is 343 g/mol. The summed E-state index contributed by atoms with van der Waals surface area (Å²) in [7, 11) is 0. The summed E-state index contributed by atoms with van der Waals surface area (Å²) in [4.78, 5) is 21.4. The third-order valence-corrected chi connectivity index (χ3v) is 5.75. The maximum absolute atomic E-state index is 11.8. The summed E-state index contributed by atoms with van der Waals surface area (Å²) >= 11 is 4.97. The normalized spacial score (nSPS) is 12.1. The van der Waals surface area contributed by atoms with Crippen LogP contribution in [0.5, 0.6) is 0 Å². The van der Waals surface area contributed by atoms with Crippen LogP contribution in [0.1, 0.15) is 29.3 Å². The van der Waals surface area contributed by atoms with Gasteiger partial charge in [-0.15, -0.1) is 22.7 Å². The van der Waals surface area contributed by atoms with Gasteiger partial charge in [0.2, 0.25) is 0 Å². The molecule has 8 heteroatoms. The highest BCUT2D eigenvalue weighted by Gasteiger charge is 2.11. The minimum Gasteiger partial charge on any atom is -0.338 e. The molecule has 0 saturated heterocycles. The Bertz CT molecular complexity index is 556. The molecule has 0 spiro atoms. The molecule has 2 aromatic heterocycles. The molecule has 0 saturated carbocycles. The van der Waals surface area contributed by atoms with Gasteiger partial charge >= 0.3 is 6.03 Å². The first-order chi connectivity index (χ1) is 10.1. The molecule has 0 aliphatic heterocycles. The van der Waals surface area contributed by atoms with E-state index in [1.165, 1.54) is 0 Å². The van der Waals surface area contributed by atoms with Crippen molar-refractivity contribution in [2.24, 2.45) is 0 Å². The van der Waals surface area contributed by atoms with E-state index in [-0.39, 0.29) is 12.1 Å². The van der Waals surface area contributed by atoms with E-state index in [2.05, 4.69) is 20.6 Å². The third-order valence-electron chi connectivity index (χ3n) is 2.60. The zero-order valence-electron chi connectivity index (χ0n) is 12.0. The molecule has 0 aliphatic carbocycles. The Balaban J connectivity index is 1.59. The Labute approximate surface area is 136 Å². The van der Waals surface area contributed by atoms with E-state index in [4.69, 9.17) is 0 Å². The highest BCUT2D eigenvalue weighted by Crippen LogP contribution is 2.20. The maximum atomic E-state index is 11.8. The standard InChI is InChI=1S/C13H18N4OS3/c1-9-8-16-11(21-9)10(2)17-12(18)14-4-3-6-19-13-15-5-7-20-13/h5,7-8,10H,3-4,6H2,1-2H3,(H2,14,17,18). The minimum absolute atomic E-state index is 0.0617. The van der Waals surface area contributed by atoms with E-state index in [1.807, 2.05) is 25.4 Å². The van der Waals surface area contributed by atoms with Crippen molar-refractivity contribution in [1.29, 1.82) is 0 Å². The first-order valence-electron chi connectivity index (χ1n) is 6.64. The number of aromatic nitrogens is 2. The zero-order chi connectivity index (χ0) is 15.1. The van der Waals surface area contributed by atoms with Crippen LogP contribution in [-0.4, -0.2) is 28.3 Å². The fourth-order valence-electron chi connectivity index (χ4n) is 1.60. The Kier molecular flexibility index (Phi) is 6.47. The molecule has 2 rings (SSSR count). The van der Waals surface area contributed by atoms with E-state index < -0.39 is 0 Å². The lowest BCUT2D eigenvalue weighted by Crippen LogP contribution is -2.37. The number of nitrogens with one attached hydrogen (secondary N) is 2. The zero-order valence-corrected chi connectivity index (χ0v) is 14.4. The molecular formula is C13H18N4OS3. The van der Waals surface area contributed by atoms with Crippen molar-refractivity contribution in [3.63, 3.8) is 0 Å². The number of urea groups is 1. The van der Waals surface area contributed by atoms with E-state index in [0.29, 0.717) is 6.54 Å². The number of hydrogen-bond donors (Lipinski definition) is 2. The van der Waals surface area contributed by atoms with Crippen molar-refractivity contribution in [2.45, 2.75) is 30.6 Å². The molecule has 21 heavy (non-hydrogen) atoms. The van der Waals surface area contributed by atoms with E-state index in [1.54, 1.807) is 40.6 Å². The van der Waals surface area contributed by atoms with Crippen LogP contribution in [0.4, 0.5) is 4.79 Å². The number of aryl methyl sites for hydroxylation is 1. The Hall–Kier alpha value is -1.12. The van der Waals surface area contributed by atoms with Crippen LogP contribution in [-0.2, 0) is 0 Å². The number of rotatable bonds is 7. The van der Waals surface area contributed by atoms with Gasteiger partial charge in [-0.05, 0) is 20.3 Å². The Morgan fingerprint density at radius 1 is 1.48 bits per heavy atom. The van der Waals surface area contributed by atoms with Gasteiger partial charge < -0.3 is 10.6 Å². The molecule has 0 bridgehead atoms. The molecular weight excluding hydrogens is 324 g/mol. The summed E-state index contributed by atoms with van der Waals surface area (Å²) in [6.07, 6.45) is 4.55. The highest BCUT2D eigenvalue weighted by molar-refractivity contribution is 8.00. The predicted molar refractivity (Wildman–Crippen MR) is 89.3 cm³/mol. The van der Waals surface area contributed by atoms with Gasteiger partial charge in [0.15, 0.2) is 0 Å². The molecule has 0 fully saturated rings. The minimum atomic E-state index is -0.144. The van der Waals surface area contributed by atoms with Crippen molar-refractivity contribution in [3.8, 4) is 0 Å². The third kappa shape index (κ3) is 5.64. The van der Waals surface area contributed by atoms with Gasteiger partial charge in [-0.25, -0.2) is 14.8 Å². The lowest BCUT2D eigenvalue weighted by molar-refractivity contribution is 0.238. The molecule has 1 unspecified atom stereocenters. The van der Waals surface area contributed by atoms with Crippen LogP contribution >= 0.6 is 34.4 Å². The van der Waals surface area contributed by atoms with E-state index in [0.717, 1.165) is 26.4 Å². The number of thiazole rings is 2. The largest absolute Gasteiger partial charge is 0.338 e. The number of nitrogens with zero attached hydrogens (tertiary/aromatic N) is 2. The van der Waals surface area contributed by atoms with Crippen molar-refractivity contribution in [3.05, 3.63) is 27.7 Å². The summed E-state index contributed by atoms with van der Waals surface area (Å²) in [5.41, 5.74) is 0. The summed E-state index contributed by atoms with van der Waals surface area (Å²) in [5, 5.41) is 8.66. The molecule has 0 aliphatic rings. The molecule has 0 radical (unpaired) electrons. The lowest BCUT2D eigenvalue weighted by Gasteiger charge is -2.12. The first kappa shape index (κ1) is 16.3. The quantitative estimate of drug-likeness (QED) is 0.597. The second-order valence-electron chi connectivity index (χ2n) is 4.43. The molecule has 0 aromatic carbocycles. The second kappa shape index (κ2) is 8.35. The maximum Gasteiger partial charge on any atom is 0.315 e. The van der Waals surface area contributed by atoms with E-state index in [9.17, 15) is 4.79 Å². The van der Waals surface area contributed by atoms with Crippen LogP contribution in [0.3, 0.4) is 0 Å². The number of thioether (sulfide) groups is 1. The van der Waals surface area contributed by atoms with Crippen molar-refractivity contribution in [1.82, 2.24) is 20.6 Å². The molecule has 2 aromatic rings. The van der Waals surface area contributed by atoms with Crippen molar-refractivity contribution < 1.29 is 4.79 Å². The SMILES string of the molecule is Cc1cnc(C(C)NC(=O)NCCCSc2nccs2)s1. The van der Waals surface area contributed by atoms with Crippen LogP contribution in [0.25, 0.3) is 0 Å². The Morgan fingerprint density at radius 2 is 2.33 bits per heavy atom. The van der Waals surface area contributed by atoms with Gasteiger partial charge in [0, 0.05) is 34.9 Å². The van der Waals surface area contributed by atoms with E-state index >= 15 is 0 Å². The fraction of sp³-hybridized carbons (Fsp3) is 0.462. The van der Waals surface area contributed by atoms with Gasteiger partial charge in [-0.3, -0.25) is 0 Å². The topological polar surface area (TPSA) is 66.9 Å². The van der Waals surface area contributed by atoms with Gasteiger partial charge in [-0.1, -0.05) is 11.8 Å². The van der Waals surface area contributed by atoms with Crippen LogP contribution in [0.15, 0.2) is 22.1 Å². The fourth-order valence-corrected chi connectivity index (χ4v) is 4.02. The summed E-state index contributed by atoms with van der Waals surface area (Å²) in [6.45, 7) is 4.61. The highest BCUT2D eigenvalue weighted by atomic mass is 32.2. The van der Waals surface area contributed by atoms with Gasteiger partial charge in [-0.2, -0.15) is 0 Å². The second-order valence-corrected chi connectivity index (χ2v) is 7.93. The summed E-state index contributed by atoms with van der Waals surface area (Å²) in [5.74, 6) is 0.953. The smallest absolute Gasteiger partial charge is 0.315 e. The number of amides is 2. The number of carbonyl (C=O) groups excluding carboxylic acids is 1. The molecule has 5 nitrogen and oxygen atoms in total. The molecule has 2 N–H and O–H groups in total. The molecule has 1 atom stereocenters. The van der Waals surface area contributed by atoms with Crippen LogP contribution in [0, 0.1) is 6.92 Å². The van der Waals surface area contributed by atoms with Crippen LogP contribution < -0.4 is 10.6 Å². The monoisotopic (exact) mass is 342 g/mol. The molecule has 114 valence electrons. The first-order valence-corrected chi connectivity index (χ1v) is 9.32. The lowest BCUT2D eigenvalue weighted by atomic mass is 10.3. The van der Waals surface area contributed by atoms with Gasteiger partial charge in [0.05, 0.1) is 6.04 Å². The Morgan fingerprint density at radius 3 is 3.00 bits per heavy atom. The van der Waals surface area contributed by atoms with Crippen molar-refractivity contribution in [2.75, 3.05) is 12.3 Å². The van der Waals surface area contributed by atoms with Crippen LogP contribution in [0.2, 0.25) is 0 Å². The predicted octanol–water partition coefficient (Wildman–Crippen LogP) is 3.45. The average Bonchev–Trinajstić information content (AvgIpc) is 3.09. The van der Waals surface area contributed by atoms with Crippen molar-refractivity contribution >= 4 is 40.5 Å². The summed E-state index contributed by atoms with van der Waals surface area (Å²) in [6, 6.07) is -0.206. The molecule has 2 heterocycles. The molecule has 2 amide bonds. The number of hydrogen-bond acceptors (Lipinski definition) is 6. The number of carbonyl (C=O) groups is 1. The van der Waals surface area contributed by atoms with Gasteiger partial charge in [0.25, 0.3) is 0 Å².